The topological polar surface area (TPSA) is 85.7 Å². The number of hydrogen-bond donors (Lipinski definition) is 2. The van der Waals surface area contributed by atoms with Crippen molar-refractivity contribution in [3.05, 3.63) is 45.7 Å². The van der Waals surface area contributed by atoms with Crippen LogP contribution >= 0.6 is 15.9 Å². The summed E-state index contributed by atoms with van der Waals surface area (Å²) < 4.78 is 8.43. The molecular weight excluding hydrogens is 324 g/mol. The van der Waals surface area contributed by atoms with E-state index in [0.717, 1.165) is 15.9 Å². The number of aromatic nitrogens is 2. The molecule has 1 aromatic heterocycles. The van der Waals surface area contributed by atoms with Crippen LogP contribution in [0.5, 0.6) is 5.75 Å². The van der Waals surface area contributed by atoms with Crippen LogP contribution < -0.4 is 10.5 Å². The smallest absolute Gasteiger partial charge is 0.173 e. The van der Waals surface area contributed by atoms with E-state index in [9.17, 15) is 0 Å². The quantitative estimate of drug-likeness (QED) is 0.387. The molecule has 1 aromatic carbocycles. The summed E-state index contributed by atoms with van der Waals surface area (Å²) in [4.78, 5) is 0. The van der Waals surface area contributed by atoms with E-state index < -0.39 is 0 Å². The van der Waals surface area contributed by atoms with Crippen LogP contribution in [-0.2, 0) is 13.7 Å². The van der Waals surface area contributed by atoms with Crippen LogP contribution in [0.1, 0.15) is 17.0 Å². The first kappa shape index (κ1) is 14.4. The Balaban J connectivity index is 2.24. The summed E-state index contributed by atoms with van der Waals surface area (Å²) in [7, 11) is 1.85. The molecule has 0 aliphatic heterocycles. The highest BCUT2D eigenvalue weighted by atomic mass is 79.9. The zero-order valence-electron chi connectivity index (χ0n) is 11.2. The van der Waals surface area contributed by atoms with Crippen molar-refractivity contribution in [2.75, 3.05) is 0 Å². The molecule has 20 heavy (non-hydrogen) atoms. The number of aryl methyl sites for hydroxylation is 2. The minimum Gasteiger partial charge on any atom is -0.486 e. The molecule has 0 spiro atoms. The molecule has 7 heteroatoms. The predicted octanol–water partition coefficient (Wildman–Crippen LogP) is 2.16. The van der Waals surface area contributed by atoms with Gasteiger partial charge in [0.15, 0.2) is 5.84 Å². The summed E-state index contributed by atoms with van der Waals surface area (Å²) in [5.74, 6) is 0.564. The van der Waals surface area contributed by atoms with E-state index in [1.165, 1.54) is 0 Å². The Morgan fingerprint density at radius 2 is 2.20 bits per heavy atom. The van der Waals surface area contributed by atoms with E-state index in [-0.39, 0.29) is 5.84 Å². The maximum atomic E-state index is 8.78. The zero-order valence-corrected chi connectivity index (χ0v) is 12.8. The van der Waals surface area contributed by atoms with Crippen LogP contribution in [-0.4, -0.2) is 20.8 Å². The number of nitrogens with zero attached hydrogens (tertiary/aromatic N) is 3. The fourth-order valence-corrected chi connectivity index (χ4v) is 2.29. The van der Waals surface area contributed by atoms with Gasteiger partial charge < -0.3 is 15.7 Å². The summed E-state index contributed by atoms with van der Waals surface area (Å²) in [6.07, 6.45) is 0. The second-order valence-electron chi connectivity index (χ2n) is 4.24. The van der Waals surface area contributed by atoms with E-state index in [1.807, 2.05) is 20.0 Å². The zero-order chi connectivity index (χ0) is 14.7. The first-order valence-corrected chi connectivity index (χ1v) is 6.71. The largest absolute Gasteiger partial charge is 0.486 e. The Morgan fingerprint density at radius 3 is 2.80 bits per heavy atom. The minimum atomic E-state index is 0.0147. The van der Waals surface area contributed by atoms with Crippen molar-refractivity contribution in [2.45, 2.75) is 13.5 Å². The van der Waals surface area contributed by atoms with Gasteiger partial charge in [-0.1, -0.05) is 17.3 Å². The van der Waals surface area contributed by atoms with Crippen LogP contribution in [0.15, 0.2) is 33.9 Å². The SMILES string of the molecule is Cc1nn(C)c(COc2ccccc2C(N)=NO)c1Br. The van der Waals surface area contributed by atoms with Gasteiger partial charge in [0.2, 0.25) is 0 Å². The maximum Gasteiger partial charge on any atom is 0.173 e. The Morgan fingerprint density at radius 1 is 1.50 bits per heavy atom. The molecular formula is C13H15BrN4O2. The van der Waals surface area contributed by atoms with Gasteiger partial charge in [-0.2, -0.15) is 5.10 Å². The Bertz CT molecular complexity index is 652. The van der Waals surface area contributed by atoms with E-state index in [1.54, 1.807) is 22.9 Å². The van der Waals surface area contributed by atoms with Gasteiger partial charge in [0.1, 0.15) is 12.4 Å². The molecule has 6 nitrogen and oxygen atoms in total. The first-order chi connectivity index (χ1) is 9.54. The lowest BCUT2D eigenvalue weighted by atomic mass is 10.2. The van der Waals surface area contributed by atoms with E-state index >= 15 is 0 Å². The Kier molecular flexibility index (Phi) is 4.29. The highest BCUT2D eigenvalue weighted by Crippen LogP contribution is 2.24. The molecule has 0 atom stereocenters. The molecule has 0 radical (unpaired) electrons. The van der Waals surface area contributed by atoms with Gasteiger partial charge in [0.25, 0.3) is 0 Å². The van der Waals surface area contributed by atoms with E-state index in [4.69, 9.17) is 15.7 Å². The average Bonchev–Trinajstić information content (AvgIpc) is 2.70. The van der Waals surface area contributed by atoms with Crippen LogP contribution in [0, 0.1) is 6.92 Å². The van der Waals surface area contributed by atoms with Crippen molar-refractivity contribution in [3.63, 3.8) is 0 Å². The number of para-hydroxylation sites is 1. The van der Waals surface area contributed by atoms with Crippen molar-refractivity contribution in [1.82, 2.24) is 9.78 Å². The molecule has 0 saturated heterocycles. The van der Waals surface area contributed by atoms with Gasteiger partial charge in [0.05, 0.1) is 21.4 Å². The molecule has 106 valence electrons. The third-order valence-corrected chi connectivity index (χ3v) is 3.93. The number of hydrogen-bond acceptors (Lipinski definition) is 4. The third kappa shape index (κ3) is 2.77. The second kappa shape index (κ2) is 5.96. The van der Waals surface area contributed by atoms with Gasteiger partial charge in [-0.05, 0) is 35.0 Å². The molecule has 0 unspecified atom stereocenters. The van der Waals surface area contributed by atoms with Gasteiger partial charge in [-0.3, -0.25) is 4.68 Å². The third-order valence-electron chi connectivity index (χ3n) is 2.90. The van der Waals surface area contributed by atoms with E-state index in [0.29, 0.717) is 17.9 Å². The lowest BCUT2D eigenvalue weighted by Crippen LogP contribution is -2.15. The van der Waals surface area contributed by atoms with Crippen molar-refractivity contribution < 1.29 is 9.94 Å². The fourth-order valence-electron chi connectivity index (χ4n) is 1.84. The van der Waals surface area contributed by atoms with Crippen molar-refractivity contribution >= 4 is 21.8 Å². The van der Waals surface area contributed by atoms with Crippen LogP contribution in [0.2, 0.25) is 0 Å². The van der Waals surface area contributed by atoms with Gasteiger partial charge in [0, 0.05) is 7.05 Å². The number of oxime groups is 1. The predicted molar refractivity (Wildman–Crippen MR) is 78.9 cm³/mol. The van der Waals surface area contributed by atoms with Crippen LogP contribution in [0.25, 0.3) is 0 Å². The van der Waals surface area contributed by atoms with Crippen LogP contribution in [0.3, 0.4) is 0 Å². The standard InChI is InChI=1S/C13H15BrN4O2/c1-8-12(14)10(18(2)16-8)7-20-11-6-4-3-5-9(11)13(15)17-19/h3-6,19H,7H2,1-2H3,(H2,15,17). The Labute approximate surface area is 125 Å². The summed E-state index contributed by atoms with van der Waals surface area (Å²) >= 11 is 3.48. The lowest BCUT2D eigenvalue weighted by molar-refractivity contribution is 0.292. The molecule has 2 aromatic rings. The molecule has 3 N–H and O–H groups in total. The van der Waals surface area contributed by atoms with Crippen LogP contribution in [0.4, 0.5) is 0 Å². The monoisotopic (exact) mass is 338 g/mol. The van der Waals surface area contributed by atoms with Crippen molar-refractivity contribution in [3.8, 4) is 5.75 Å². The molecule has 1 heterocycles. The maximum absolute atomic E-state index is 8.78. The molecule has 0 amide bonds. The molecule has 0 saturated carbocycles. The number of ether oxygens (including phenoxy) is 1. The number of nitrogens with two attached hydrogens (primary N) is 1. The minimum absolute atomic E-state index is 0.0147. The molecule has 0 aliphatic carbocycles. The van der Waals surface area contributed by atoms with Gasteiger partial charge >= 0.3 is 0 Å². The highest BCUT2D eigenvalue weighted by molar-refractivity contribution is 9.10. The van der Waals surface area contributed by atoms with E-state index in [2.05, 4.69) is 26.2 Å². The van der Waals surface area contributed by atoms with Crippen molar-refractivity contribution in [2.24, 2.45) is 17.9 Å². The molecule has 0 fully saturated rings. The summed E-state index contributed by atoms with van der Waals surface area (Å²) in [5.41, 5.74) is 7.98. The van der Waals surface area contributed by atoms with Crippen molar-refractivity contribution in [1.29, 1.82) is 0 Å². The van der Waals surface area contributed by atoms with Gasteiger partial charge in [-0.15, -0.1) is 0 Å². The number of halogens is 1. The second-order valence-corrected chi connectivity index (χ2v) is 5.03. The Hall–Kier alpha value is -2.02. The lowest BCUT2D eigenvalue weighted by Gasteiger charge is -2.11. The summed E-state index contributed by atoms with van der Waals surface area (Å²) in [5, 5.41) is 16.1. The summed E-state index contributed by atoms with van der Waals surface area (Å²) in [6.45, 7) is 2.24. The number of benzene rings is 1. The normalized spacial score (nSPS) is 11.7. The molecule has 0 bridgehead atoms. The highest BCUT2D eigenvalue weighted by Gasteiger charge is 2.13. The molecule has 0 aliphatic rings. The molecule has 2 rings (SSSR count). The average molecular weight is 339 g/mol. The first-order valence-electron chi connectivity index (χ1n) is 5.92. The fraction of sp³-hybridized carbons (Fsp3) is 0.231. The number of rotatable bonds is 4. The number of amidine groups is 1. The summed E-state index contributed by atoms with van der Waals surface area (Å²) in [6, 6.07) is 7.12. The van der Waals surface area contributed by atoms with Gasteiger partial charge in [-0.25, -0.2) is 0 Å².